The van der Waals surface area contributed by atoms with Gasteiger partial charge >= 0.3 is 0 Å². The van der Waals surface area contributed by atoms with E-state index in [1.54, 1.807) is 6.07 Å². The van der Waals surface area contributed by atoms with Crippen molar-refractivity contribution in [2.24, 2.45) is 0 Å². The van der Waals surface area contributed by atoms with Crippen LogP contribution < -0.4 is 5.32 Å². The molecular formula is C22H20FNO4S. The quantitative estimate of drug-likeness (QED) is 0.601. The van der Waals surface area contributed by atoms with E-state index in [2.05, 4.69) is 5.32 Å². The number of halogens is 1. The fourth-order valence-electron chi connectivity index (χ4n) is 2.79. The topological polar surface area (TPSA) is 83.5 Å². The molecule has 0 aliphatic heterocycles. The van der Waals surface area contributed by atoms with E-state index in [-0.39, 0.29) is 27.6 Å². The second-order valence-corrected chi connectivity index (χ2v) is 8.88. The van der Waals surface area contributed by atoms with Crippen molar-refractivity contribution in [3.8, 4) is 16.9 Å². The van der Waals surface area contributed by atoms with Crippen molar-refractivity contribution in [3.05, 3.63) is 77.6 Å². The largest absolute Gasteiger partial charge is 0.506 e. The van der Waals surface area contributed by atoms with E-state index < -0.39 is 21.6 Å². The van der Waals surface area contributed by atoms with Crippen LogP contribution in [0, 0.1) is 12.7 Å². The Morgan fingerprint density at radius 3 is 2.28 bits per heavy atom. The van der Waals surface area contributed by atoms with Crippen LogP contribution in [0.5, 0.6) is 5.75 Å². The first-order valence-corrected chi connectivity index (χ1v) is 10.6. The molecule has 7 heteroatoms. The first-order chi connectivity index (χ1) is 13.7. The lowest BCUT2D eigenvalue weighted by atomic mass is 10.0. The zero-order chi connectivity index (χ0) is 21.2. The van der Waals surface area contributed by atoms with Crippen molar-refractivity contribution in [2.45, 2.75) is 18.7 Å². The highest BCUT2D eigenvalue weighted by Crippen LogP contribution is 2.28. The molecule has 1 amide bonds. The smallest absolute Gasteiger partial charge is 0.258 e. The lowest BCUT2D eigenvalue weighted by molar-refractivity contribution is 0.102. The second-order valence-electron chi connectivity index (χ2n) is 6.60. The highest BCUT2D eigenvalue weighted by molar-refractivity contribution is 7.91. The summed E-state index contributed by atoms with van der Waals surface area (Å²) >= 11 is 0. The minimum atomic E-state index is -3.52. The summed E-state index contributed by atoms with van der Waals surface area (Å²) in [6.07, 6.45) is 0. The van der Waals surface area contributed by atoms with Gasteiger partial charge in [-0.05, 0) is 48.4 Å². The van der Waals surface area contributed by atoms with Crippen molar-refractivity contribution in [2.75, 3.05) is 11.1 Å². The standard InChI is InChI=1S/C22H20FNO4S/c1-3-29(27,28)17-9-11-21(25)20(13-17)24-22(26)18-10-8-16(12-19(18)23)15-6-4-14(2)5-7-15/h4-13,25H,3H2,1-2H3,(H,24,26). The molecule has 0 aliphatic rings. The lowest BCUT2D eigenvalue weighted by Gasteiger charge is -2.11. The van der Waals surface area contributed by atoms with Crippen LogP contribution in [0.1, 0.15) is 22.8 Å². The van der Waals surface area contributed by atoms with Gasteiger partial charge in [-0.25, -0.2) is 12.8 Å². The van der Waals surface area contributed by atoms with Crippen molar-refractivity contribution in [1.82, 2.24) is 0 Å². The summed E-state index contributed by atoms with van der Waals surface area (Å²) < 4.78 is 38.6. The number of benzene rings is 3. The molecule has 0 fully saturated rings. The third-order valence-corrected chi connectivity index (χ3v) is 6.29. The van der Waals surface area contributed by atoms with Crippen LogP contribution in [0.25, 0.3) is 11.1 Å². The highest BCUT2D eigenvalue weighted by Gasteiger charge is 2.18. The van der Waals surface area contributed by atoms with Gasteiger partial charge in [0.2, 0.25) is 0 Å². The van der Waals surface area contributed by atoms with Gasteiger partial charge in [0, 0.05) is 0 Å². The van der Waals surface area contributed by atoms with E-state index in [1.807, 2.05) is 31.2 Å². The summed E-state index contributed by atoms with van der Waals surface area (Å²) in [5.74, 6) is -1.96. The van der Waals surface area contributed by atoms with Crippen molar-refractivity contribution in [3.63, 3.8) is 0 Å². The normalized spacial score (nSPS) is 11.3. The molecule has 0 saturated carbocycles. The summed E-state index contributed by atoms with van der Waals surface area (Å²) in [6, 6.07) is 15.4. The Kier molecular flexibility index (Phi) is 5.70. The van der Waals surface area contributed by atoms with Crippen LogP contribution in [-0.2, 0) is 9.84 Å². The Labute approximate surface area is 168 Å². The van der Waals surface area contributed by atoms with Crippen molar-refractivity contribution in [1.29, 1.82) is 0 Å². The molecule has 3 aromatic carbocycles. The lowest BCUT2D eigenvalue weighted by Crippen LogP contribution is -2.14. The predicted octanol–water partition coefficient (Wildman–Crippen LogP) is 4.55. The number of phenols is 1. The number of aromatic hydroxyl groups is 1. The summed E-state index contributed by atoms with van der Waals surface area (Å²) in [4.78, 5) is 12.5. The van der Waals surface area contributed by atoms with Gasteiger partial charge in [-0.15, -0.1) is 0 Å². The van der Waals surface area contributed by atoms with E-state index in [4.69, 9.17) is 0 Å². The molecule has 0 aliphatic carbocycles. The molecule has 5 nitrogen and oxygen atoms in total. The van der Waals surface area contributed by atoms with Crippen LogP contribution in [0.15, 0.2) is 65.6 Å². The molecule has 0 aromatic heterocycles. The number of anilines is 1. The Bertz CT molecular complexity index is 1170. The fourth-order valence-corrected chi connectivity index (χ4v) is 3.70. The minimum Gasteiger partial charge on any atom is -0.506 e. The summed E-state index contributed by atoms with van der Waals surface area (Å²) in [7, 11) is -3.52. The van der Waals surface area contributed by atoms with E-state index >= 15 is 0 Å². The fraction of sp³-hybridized carbons (Fsp3) is 0.136. The van der Waals surface area contributed by atoms with Crippen molar-refractivity contribution >= 4 is 21.4 Å². The number of phenolic OH excluding ortho intramolecular Hbond substituents is 1. The van der Waals surface area contributed by atoms with Crippen LogP contribution in [0.2, 0.25) is 0 Å². The number of nitrogens with one attached hydrogen (secondary N) is 1. The average molecular weight is 413 g/mol. The zero-order valence-electron chi connectivity index (χ0n) is 15.9. The monoisotopic (exact) mass is 413 g/mol. The van der Waals surface area contributed by atoms with Gasteiger partial charge < -0.3 is 10.4 Å². The first kappa shape index (κ1) is 20.5. The highest BCUT2D eigenvalue weighted by atomic mass is 32.2. The van der Waals surface area contributed by atoms with Gasteiger partial charge in [0.1, 0.15) is 11.6 Å². The number of aryl methyl sites for hydroxylation is 1. The van der Waals surface area contributed by atoms with Crippen LogP contribution in [-0.4, -0.2) is 25.2 Å². The molecule has 0 radical (unpaired) electrons. The number of carbonyl (C=O) groups excluding carboxylic acids is 1. The maximum atomic E-state index is 14.6. The molecule has 0 heterocycles. The van der Waals surface area contributed by atoms with E-state index in [1.165, 1.54) is 31.2 Å². The molecule has 2 N–H and O–H groups in total. The maximum absolute atomic E-state index is 14.6. The Balaban J connectivity index is 1.88. The van der Waals surface area contributed by atoms with Crippen LogP contribution in [0.4, 0.5) is 10.1 Å². The van der Waals surface area contributed by atoms with E-state index in [0.29, 0.717) is 5.56 Å². The number of carbonyl (C=O) groups is 1. The van der Waals surface area contributed by atoms with Crippen LogP contribution in [0.3, 0.4) is 0 Å². The third-order valence-electron chi connectivity index (χ3n) is 4.55. The molecule has 0 atom stereocenters. The van der Waals surface area contributed by atoms with Gasteiger partial charge in [0.05, 0.1) is 21.9 Å². The second kappa shape index (κ2) is 8.05. The van der Waals surface area contributed by atoms with Gasteiger partial charge in [-0.1, -0.05) is 42.8 Å². The van der Waals surface area contributed by atoms with Crippen LogP contribution >= 0.6 is 0 Å². The van der Waals surface area contributed by atoms with Gasteiger partial charge in [-0.2, -0.15) is 0 Å². The predicted molar refractivity (Wildman–Crippen MR) is 110 cm³/mol. The van der Waals surface area contributed by atoms with E-state index in [0.717, 1.165) is 17.2 Å². The van der Waals surface area contributed by atoms with Gasteiger partial charge in [0.25, 0.3) is 5.91 Å². The zero-order valence-corrected chi connectivity index (χ0v) is 16.8. The molecule has 29 heavy (non-hydrogen) atoms. The SMILES string of the molecule is CCS(=O)(=O)c1ccc(O)c(NC(=O)c2ccc(-c3ccc(C)cc3)cc2F)c1. The molecule has 0 saturated heterocycles. The Hall–Kier alpha value is -3.19. The Morgan fingerprint density at radius 2 is 1.66 bits per heavy atom. The maximum Gasteiger partial charge on any atom is 0.258 e. The number of rotatable bonds is 5. The summed E-state index contributed by atoms with van der Waals surface area (Å²) in [5, 5.41) is 12.3. The number of hydrogen-bond acceptors (Lipinski definition) is 4. The Morgan fingerprint density at radius 1 is 1.00 bits per heavy atom. The molecule has 3 rings (SSSR count). The average Bonchev–Trinajstić information content (AvgIpc) is 2.69. The summed E-state index contributed by atoms with van der Waals surface area (Å²) in [5.41, 5.74) is 2.20. The van der Waals surface area contributed by atoms with Gasteiger partial charge in [0.15, 0.2) is 9.84 Å². The third kappa shape index (κ3) is 4.46. The van der Waals surface area contributed by atoms with Gasteiger partial charge in [-0.3, -0.25) is 4.79 Å². The molecule has 0 spiro atoms. The number of amides is 1. The van der Waals surface area contributed by atoms with Crippen molar-refractivity contribution < 1.29 is 22.7 Å². The molecule has 0 unspecified atom stereocenters. The first-order valence-electron chi connectivity index (χ1n) is 8.95. The molecule has 0 bridgehead atoms. The molecule has 3 aromatic rings. The molecular weight excluding hydrogens is 393 g/mol. The summed E-state index contributed by atoms with van der Waals surface area (Å²) in [6.45, 7) is 3.44. The minimum absolute atomic E-state index is 0.0386. The number of sulfone groups is 1. The number of hydrogen-bond donors (Lipinski definition) is 2. The van der Waals surface area contributed by atoms with E-state index in [9.17, 15) is 22.7 Å². The molecule has 150 valence electrons.